The molecule has 1 spiro atoms. The van der Waals surface area contributed by atoms with Gasteiger partial charge < -0.3 is 19.5 Å². The number of fused-ring (bicyclic) bond motifs is 1. The number of amides is 1. The van der Waals surface area contributed by atoms with Crippen LogP contribution in [-0.2, 0) is 11.2 Å². The maximum absolute atomic E-state index is 12.9. The largest absolute Gasteiger partial charge is 0.487 e. The van der Waals surface area contributed by atoms with E-state index in [0.717, 1.165) is 31.4 Å². The lowest BCUT2D eigenvalue weighted by Crippen LogP contribution is -2.51. The number of benzene rings is 2. The Morgan fingerprint density at radius 3 is 2.64 bits per heavy atom. The number of para-hydroxylation sites is 1. The highest BCUT2D eigenvalue weighted by Gasteiger charge is 2.40. The van der Waals surface area contributed by atoms with Gasteiger partial charge in [0.05, 0.1) is 0 Å². The number of carboxylic acids is 1. The van der Waals surface area contributed by atoms with Crippen LogP contribution in [0.5, 0.6) is 11.5 Å². The minimum atomic E-state index is -1.05. The summed E-state index contributed by atoms with van der Waals surface area (Å²) in [5.41, 5.74) is 1.58. The zero-order valence-corrected chi connectivity index (χ0v) is 15.6. The number of nitrogens with zero attached hydrogens (tertiary/aromatic N) is 1. The number of likely N-dealkylation sites (tertiary alicyclic amines) is 1. The third kappa shape index (κ3) is 3.81. The Balaban J connectivity index is 1.39. The van der Waals surface area contributed by atoms with E-state index in [4.69, 9.17) is 14.6 Å². The van der Waals surface area contributed by atoms with Gasteiger partial charge in [-0.15, -0.1) is 0 Å². The molecule has 28 heavy (non-hydrogen) atoms. The van der Waals surface area contributed by atoms with Crippen molar-refractivity contribution in [3.8, 4) is 11.5 Å². The van der Waals surface area contributed by atoms with Crippen LogP contribution >= 0.6 is 0 Å². The van der Waals surface area contributed by atoms with Gasteiger partial charge in [-0.2, -0.15) is 0 Å². The SMILES string of the molecule is O=C(O)COc1cccc(C(=O)N2CCC3(CCc4ccccc4O3)CC2)c1. The van der Waals surface area contributed by atoms with Crippen LogP contribution in [0.2, 0.25) is 0 Å². The van der Waals surface area contributed by atoms with Crippen molar-refractivity contribution in [2.24, 2.45) is 0 Å². The summed E-state index contributed by atoms with van der Waals surface area (Å²) in [6, 6.07) is 14.9. The molecule has 0 aromatic heterocycles. The summed E-state index contributed by atoms with van der Waals surface area (Å²) in [6.07, 6.45) is 3.60. The van der Waals surface area contributed by atoms with Crippen LogP contribution in [-0.4, -0.2) is 47.2 Å². The highest BCUT2D eigenvalue weighted by Crippen LogP contribution is 2.39. The summed E-state index contributed by atoms with van der Waals surface area (Å²) >= 11 is 0. The number of piperidine rings is 1. The van der Waals surface area contributed by atoms with Crippen LogP contribution in [0, 0.1) is 0 Å². The quantitative estimate of drug-likeness (QED) is 0.880. The molecule has 1 amide bonds. The van der Waals surface area contributed by atoms with Crippen LogP contribution in [0.3, 0.4) is 0 Å². The van der Waals surface area contributed by atoms with E-state index in [2.05, 4.69) is 6.07 Å². The van der Waals surface area contributed by atoms with Gasteiger partial charge in [-0.25, -0.2) is 4.79 Å². The molecule has 6 heteroatoms. The van der Waals surface area contributed by atoms with Gasteiger partial charge in [-0.3, -0.25) is 4.79 Å². The molecular formula is C22H23NO5. The van der Waals surface area contributed by atoms with Crippen molar-refractivity contribution < 1.29 is 24.2 Å². The van der Waals surface area contributed by atoms with Gasteiger partial charge in [0.15, 0.2) is 6.61 Å². The second kappa shape index (κ2) is 7.54. The molecule has 1 N–H and O–H groups in total. The maximum Gasteiger partial charge on any atom is 0.341 e. The van der Waals surface area contributed by atoms with Crippen molar-refractivity contribution in [3.63, 3.8) is 0 Å². The van der Waals surface area contributed by atoms with E-state index in [0.29, 0.717) is 24.4 Å². The van der Waals surface area contributed by atoms with Gasteiger partial charge in [-0.05, 0) is 42.7 Å². The second-order valence-electron chi connectivity index (χ2n) is 7.40. The first-order chi connectivity index (χ1) is 13.5. The second-order valence-corrected chi connectivity index (χ2v) is 7.40. The van der Waals surface area contributed by atoms with Crippen LogP contribution in [0.15, 0.2) is 48.5 Å². The lowest BCUT2D eigenvalue weighted by molar-refractivity contribution is -0.139. The smallest absolute Gasteiger partial charge is 0.341 e. The fourth-order valence-electron chi connectivity index (χ4n) is 3.97. The molecule has 0 unspecified atom stereocenters. The van der Waals surface area contributed by atoms with Crippen LogP contribution in [0.4, 0.5) is 0 Å². The van der Waals surface area contributed by atoms with E-state index in [1.54, 1.807) is 24.3 Å². The first-order valence-electron chi connectivity index (χ1n) is 9.56. The standard InChI is InChI=1S/C22H23NO5/c24-20(25)15-27-18-6-3-5-17(14-18)21(26)23-12-10-22(11-13-23)9-8-16-4-1-2-7-19(16)28-22/h1-7,14H,8-13,15H2,(H,24,25). The van der Waals surface area contributed by atoms with Crippen molar-refractivity contribution in [2.45, 2.75) is 31.3 Å². The predicted molar refractivity (Wildman–Crippen MR) is 103 cm³/mol. The van der Waals surface area contributed by atoms with Gasteiger partial charge in [0, 0.05) is 31.5 Å². The average Bonchev–Trinajstić information content (AvgIpc) is 2.72. The Bertz CT molecular complexity index is 886. The van der Waals surface area contributed by atoms with Crippen molar-refractivity contribution in [1.82, 2.24) is 4.90 Å². The van der Waals surface area contributed by atoms with E-state index in [1.807, 2.05) is 23.1 Å². The van der Waals surface area contributed by atoms with E-state index in [9.17, 15) is 9.59 Å². The minimum absolute atomic E-state index is 0.0631. The number of ether oxygens (including phenoxy) is 2. The monoisotopic (exact) mass is 381 g/mol. The molecule has 146 valence electrons. The first-order valence-corrected chi connectivity index (χ1v) is 9.56. The van der Waals surface area contributed by atoms with E-state index >= 15 is 0 Å². The summed E-state index contributed by atoms with van der Waals surface area (Å²) in [5.74, 6) is 0.240. The summed E-state index contributed by atoms with van der Waals surface area (Å²) in [4.78, 5) is 25.4. The molecule has 0 radical (unpaired) electrons. The molecule has 2 aromatic rings. The van der Waals surface area contributed by atoms with Gasteiger partial charge in [0.25, 0.3) is 5.91 Å². The number of carbonyl (C=O) groups is 2. The number of hydrogen-bond donors (Lipinski definition) is 1. The lowest BCUT2D eigenvalue weighted by Gasteiger charge is -2.44. The van der Waals surface area contributed by atoms with Crippen LogP contribution in [0.1, 0.15) is 35.2 Å². The summed E-state index contributed by atoms with van der Waals surface area (Å²) in [7, 11) is 0. The molecule has 4 rings (SSSR count). The predicted octanol–water partition coefficient (Wildman–Crippen LogP) is 3.15. The number of hydrogen-bond acceptors (Lipinski definition) is 4. The zero-order valence-electron chi connectivity index (χ0n) is 15.6. The summed E-state index contributed by atoms with van der Waals surface area (Å²) in [5, 5.41) is 8.73. The topological polar surface area (TPSA) is 76.1 Å². The molecule has 2 heterocycles. The Kier molecular flexibility index (Phi) is 4.94. The molecular weight excluding hydrogens is 358 g/mol. The third-order valence-electron chi connectivity index (χ3n) is 5.55. The number of carbonyl (C=O) groups excluding carboxylic acids is 1. The van der Waals surface area contributed by atoms with Gasteiger partial charge >= 0.3 is 5.97 Å². The molecule has 0 bridgehead atoms. The van der Waals surface area contributed by atoms with E-state index < -0.39 is 12.6 Å². The minimum Gasteiger partial charge on any atom is -0.487 e. The molecule has 6 nitrogen and oxygen atoms in total. The zero-order chi connectivity index (χ0) is 19.6. The third-order valence-corrected chi connectivity index (χ3v) is 5.55. The molecule has 0 saturated carbocycles. The molecule has 2 aliphatic rings. The first kappa shape index (κ1) is 18.3. The molecule has 0 aliphatic carbocycles. The van der Waals surface area contributed by atoms with Crippen LogP contribution in [0.25, 0.3) is 0 Å². The van der Waals surface area contributed by atoms with Crippen molar-refractivity contribution >= 4 is 11.9 Å². The van der Waals surface area contributed by atoms with Gasteiger partial charge in [-0.1, -0.05) is 24.3 Å². The number of carboxylic acid groups (broad SMARTS) is 1. The van der Waals surface area contributed by atoms with E-state index in [1.165, 1.54) is 5.56 Å². The fourth-order valence-corrected chi connectivity index (χ4v) is 3.97. The normalized spacial score (nSPS) is 17.5. The molecule has 2 aliphatic heterocycles. The number of rotatable bonds is 4. The molecule has 0 atom stereocenters. The van der Waals surface area contributed by atoms with Gasteiger partial charge in [0.2, 0.25) is 0 Å². The van der Waals surface area contributed by atoms with Gasteiger partial charge in [0.1, 0.15) is 17.1 Å². The molecule has 2 aromatic carbocycles. The Morgan fingerprint density at radius 1 is 1.07 bits per heavy atom. The lowest BCUT2D eigenvalue weighted by atomic mass is 9.83. The highest BCUT2D eigenvalue weighted by molar-refractivity contribution is 5.94. The summed E-state index contributed by atoms with van der Waals surface area (Å²) in [6.45, 7) is 0.852. The molecule has 1 fully saturated rings. The molecule has 1 saturated heterocycles. The average molecular weight is 381 g/mol. The summed E-state index contributed by atoms with van der Waals surface area (Å²) < 4.78 is 11.5. The van der Waals surface area contributed by atoms with Crippen molar-refractivity contribution in [2.75, 3.05) is 19.7 Å². The maximum atomic E-state index is 12.9. The van der Waals surface area contributed by atoms with E-state index in [-0.39, 0.29) is 11.5 Å². The Hall–Kier alpha value is -3.02. The number of aliphatic carboxylic acids is 1. The van der Waals surface area contributed by atoms with Crippen molar-refractivity contribution in [3.05, 3.63) is 59.7 Å². The van der Waals surface area contributed by atoms with Crippen molar-refractivity contribution in [1.29, 1.82) is 0 Å². The Labute approximate surface area is 163 Å². The highest BCUT2D eigenvalue weighted by atomic mass is 16.5. The van der Waals surface area contributed by atoms with Crippen LogP contribution < -0.4 is 9.47 Å². The number of aryl methyl sites for hydroxylation is 1. The Morgan fingerprint density at radius 2 is 1.86 bits per heavy atom. The fraction of sp³-hybridized carbons (Fsp3) is 0.364.